The van der Waals surface area contributed by atoms with E-state index in [-0.39, 0.29) is 17.7 Å². The van der Waals surface area contributed by atoms with Crippen LogP contribution in [0, 0.1) is 12.8 Å². The van der Waals surface area contributed by atoms with Crippen LogP contribution in [0.25, 0.3) is 33.2 Å². The zero-order chi connectivity index (χ0) is 29.1. The van der Waals surface area contributed by atoms with Crippen molar-refractivity contribution in [3.63, 3.8) is 0 Å². The lowest BCUT2D eigenvalue weighted by atomic mass is 9.86. The maximum absolute atomic E-state index is 10.9. The Hall–Kier alpha value is -3.26. The Morgan fingerprint density at radius 1 is 1.13 bits per heavy atom. The summed E-state index contributed by atoms with van der Waals surface area (Å²) in [4.78, 5) is 4.84. The van der Waals surface area contributed by atoms with Crippen LogP contribution < -0.4 is 0 Å². The van der Waals surface area contributed by atoms with Gasteiger partial charge in [0, 0.05) is 47.1 Å². The summed E-state index contributed by atoms with van der Waals surface area (Å²) in [5.41, 5.74) is 4.01. The molecule has 196 valence electrons. The summed E-state index contributed by atoms with van der Waals surface area (Å²) in [6, 6.07) is 16.1. The lowest BCUT2D eigenvalue weighted by Crippen LogP contribution is -2.27. The molecule has 1 aliphatic rings. The van der Waals surface area contributed by atoms with Gasteiger partial charge in [0.2, 0.25) is 0 Å². The molecule has 0 radical (unpaired) electrons. The molecule has 1 N–H and O–H groups in total. The second-order valence-corrected chi connectivity index (χ2v) is 11.0. The summed E-state index contributed by atoms with van der Waals surface area (Å²) in [5.74, 6) is 0.270. The Bertz CT molecular complexity index is 1740. The van der Waals surface area contributed by atoms with E-state index in [9.17, 15) is 5.11 Å². The number of hydrogen-bond acceptors (Lipinski definition) is 5. The molecule has 5 aromatic rings. The van der Waals surface area contributed by atoms with Gasteiger partial charge in [0.05, 0.1) is 44.6 Å². The van der Waals surface area contributed by atoms with Crippen LogP contribution in [0.3, 0.4) is 0 Å². The first-order chi connectivity index (χ1) is 19.4. The topological polar surface area (TPSA) is 78.0 Å². The number of pyridine rings is 1. The number of rotatable bonds is 5. The average Bonchev–Trinajstić information content (AvgIpc) is 3.47. The maximum atomic E-state index is 10.9. The third-order valence-corrected chi connectivity index (χ3v) is 7.96. The van der Waals surface area contributed by atoms with Crippen LogP contribution in [0.1, 0.15) is 53.7 Å². The molecule has 6 rings (SSSR count). The largest absolute Gasteiger partial charge is 0.386 e. The first-order valence-corrected chi connectivity index (χ1v) is 13.2. The van der Waals surface area contributed by atoms with Crippen LogP contribution in [0.15, 0.2) is 54.7 Å². The fourth-order valence-electron chi connectivity index (χ4n) is 5.71. The van der Waals surface area contributed by atoms with Gasteiger partial charge in [0.25, 0.3) is 0 Å². The van der Waals surface area contributed by atoms with Gasteiger partial charge in [0.15, 0.2) is 0 Å². The van der Waals surface area contributed by atoms with Crippen molar-refractivity contribution in [1.29, 1.82) is 0 Å². The summed E-state index contributed by atoms with van der Waals surface area (Å²) >= 11 is 6.90. The fourth-order valence-corrected chi connectivity index (χ4v) is 5.97. The standard InChI is InChI=1S/C30H32ClN5O2/c1-18-28(35(4)34-33-18)22-16-25-23(15-24(22)31)27-26(14-21(17-32-27)30(2,3)37)36(25)29(19-8-6-5-7-9-19)20-10-12-38-13-11-20/h5-9,14-17,20,29,37H,10-13H2,1-4H3/t29-/m1/s1/i1D3. The number of ether oxygens (including phenoxy) is 1. The lowest BCUT2D eigenvalue weighted by Gasteiger charge is -2.33. The van der Waals surface area contributed by atoms with Gasteiger partial charge in [-0.2, -0.15) is 0 Å². The number of aliphatic hydroxyl groups is 1. The summed E-state index contributed by atoms with van der Waals surface area (Å²) in [7, 11) is 1.67. The number of fused-ring (bicyclic) bond motifs is 3. The highest BCUT2D eigenvalue weighted by Gasteiger charge is 2.31. The van der Waals surface area contributed by atoms with Crippen LogP contribution in [0.2, 0.25) is 5.02 Å². The van der Waals surface area contributed by atoms with Gasteiger partial charge in [-0.05, 0) is 63.2 Å². The highest BCUT2D eigenvalue weighted by molar-refractivity contribution is 6.34. The zero-order valence-corrected chi connectivity index (χ0v) is 22.4. The minimum absolute atomic E-state index is 0.0697. The molecule has 4 heterocycles. The van der Waals surface area contributed by atoms with Gasteiger partial charge in [0.1, 0.15) is 0 Å². The predicted octanol–water partition coefficient (Wildman–Crippen LogP) is 6.19. The average molecular weight is 533 g/mol. The Labute approximate surface area is 231 Å². The van der Waals surface area contributed by atoms with Gasteiger partial charge in [-0.1, -0.05) is 47.1 Å². The molecule has 0 aliphatic carbocycles. The van der Waals surface area contributed by atoms with E-state index < -0.39 is 12.5 Å². The minimum atomic E-state index is -2.47. The number of aryl methyl sites for hydroxylation is 2. The molecule has 0 amide bonds. The molecule has 2 aromatic carbocycles. The number of nitrogens with zero attached hydrogens (tertiary/aromatic N) is 5. The van der Waals surface area contributed by atoms with E-state index in [0.717, 1.165) is 40.3 Å². The molecule has 0 saturated carbocycles. The van der Waals surface area contributed by atoms with Gasteiger partial charge < -0.3 is 14.4 Å². The van der Waals surface area contributed by atoms with E-state index in [0.29, 0.717) is 35.1 Å². The van der Waals surface area contributed by atoms with Gasteiger partial charge in [-0.3, -0.25) is 4.98 Å². The number of halogens is 1. The highest BCUT2D eigenvalue weighted by Crippen LogP contribution is 2.43. The molecule has 38 heavy (non-hydrogen) atoms. The smallest absolute Gasteiger partial charge is 0.0960 e. The Morgan fingerprint density at radius 3 is 2.61 bits per heavy atom. The molecular weight excluding hydrogens is 498 g/mol. The predicted molar refractivity (Wildman–Crippen MR) is 150 cm³/mol. The summed E-state index contributed by atoms with van der Waals surface area (Å²) < 4.78 is 33.7. The van der Waals surface area contributed by atoms with E-state index in [4.69, 9.17) is 25.4 Å². The number of hydrogen-bond donors (Lipinski definition) is 1. The highest BCUT2D eigenvalue weighted by atomic mass is 35.5. The van der Waals surface area contributed by atoms with E-state index in [1.54, 1.807) is 27.1 Å². The van der Waals surface area contributed by atoms with E-state index in [1.807, 2.05) is 36.4 Å². The van der Waals surface area contributed by atoms with Gasteiger partial charge >= 0.3 is 0 Å². The van der Waals surface area contributed by atoms with Crippen molar-refractivity contribution in [2.75, 3.05) is 13.2 Å². The second-order valence-electron chi connectivity index (χ2n) is 10.6. The van der Waals surface area contributed by atoms with E-state index >= 15 is 0 Å². The van der Waals surface area contributed by atoms with Crippen LogP contribution in [-0.2, 0) is 17.4 Å². The van der Waals surface area contributed by atoms with Gasteiger partial charge in [-0.25, -0.2) is 4.68 Å². The van der Waals surface area contributed by atoms with Crippen LogP contribution >= 0.6 is 11.6 Å². The number of aromatic nitrogens is 5. The van der Waals surface area contributed by atoms with Crippen molar-refractivity contribution >= 4 is 33.5 Å². The molecule has 0 unspecified atom stereocenters. The van der Waals surface area contributed by atoms with Crippen molar-refractivity contribution < 1.29 is 14.0 Å². The van der Waals surface area contributed by atoms with Crippen molar-refractivity contribution in [3.8, 4) is 11.3 Å². The quantitative estimate of drug-likeness (QED) is 0.292. The van der Waals surface area contributed by atoms with Crippen LogP contribution in [-0.4, -0.2) is 42.9 Å². The second kappa shape index (κ2) is 9.49. The maximum Gasteiger partial charge on any atom is 0.0960 e. The first-order valence-electron chi connectivity index (χ1n) is 14.3. The summed E-state index contributed by atoms with van der Waals surface area (Å²) in [6.45, 7) is 2.38. The molecule has 0 spiro atoms. The molecule has 1 fully saturated rings. The molecule has 1 aliphatic heterocycles. The molecule has 1 atom stereocenters. The van der Waals surface area contributed by atoms with E-state index in [1.165, 1.54) is 4.68 Å². The Kier molecular flexibility index (Phi) is 5.41. The monoisotopic (exact) mass is 532 g/mol. The van der Waals surface area contributed by atoms with Crippen LogP contribution in [0.4, 0.5) is 0 Å². The van der Waals surface area contributed by atoms with Crippen molar-refractivity contribution in [1.82, 2.24) is 24.5 Å². The Balaban J connectivity index is 1.72. The van der Waals surface area contributed by atoms with Crippen LogP contribution in [0.5, 0.6) is 0 Å². The SMILES string of the molecule is [2H]C([2H])([2H])c1nnn(C)c1-c1cc2c(cc1Cl)c1ncc(C(C)(C)O)cc1n2[C@H](c1ccccc1)C1CCOCC1. The Morgan fingerprint density at radius 2 is 1.89 bits per heavy atom. The molecule has 3 aromatic heterocycles. The summed E-state index contributed by atoms with van der Waals surface area (Å²) in [6.07, 6.45) is 3.47. The summed E-state index contributed by atoms with van der Waals surface area (Å²) in [5, 5.41) is 20.1. The number of benzene rings is 2. The molecule has 1 saturated heterocycles. The molecule has 8 heteroatoms. The third-order valence-electron chi connectivity index (χ3n) is 7.65. The molecule has 0 bridgehead atoms. The first kappa shape index (κ1) is 21.6. The zero-order valence-electron chi connectivity index (χ0n) is 24.6. The normalized spacial score (nSPS) is 17.4. The third kappa shape index (κ3) is 4.19. The lowest BCUT2D eigenvalue weighted by molar-refractivity contribution is 0.0552. The minimum Gasteiger partial charge on any atom is -0.386 e. The van der Waals surface area contributed by atoms with Crippen molar-refractivity contribution in [2.24, 2.45) is 13.0 Å². The molecular formula is C30H32ClN5O2. The van der Waals surface area contributed by atoms with Crippen molar-refractivity contribution in [2.45, 2.75) is 45.2 Å². The molecule has 7 nitrogen and oxygen atoms in total. The van der Waals surface area contributed by atoms with Crippen molar-refractivity contribution in [3.05, 3.63) is 76.6 Å². The van der Waals surface area contributed by atoms with Gasteiger partial charge in [-0.15, -0.1) is 5.10 Å². The van der Waals surface area contributed by atoms with E-state index in [2.05, 4.69) is 27.0 Å². The fraction of sp³-hybridized carbons (Fsp3) is 0.367.